The number of hydrogen-bond donors (Lipinski definition) is 1. The lowest BCUT2D eigenvalue weighted by Gasteiger charge is -2.19. The second-order valence-corrected chi connectivity index (χ2v) is 4.84. The average molecular weight is 316 g/mol. The molecular formula is C16H20N4O3. The highest BCUT2D eigenvalue weighted by Crippen LogP contribution is 2.20. The van der Waals surface area contributed by atoms with Crippen molar-refractivity contribution < 1.29 is 14.3 Å². The van der Waals surface area contributed by atoms with E-state index in [9.17, 15) is 9.59 Å². The van der Waals surface area contributed by atoms with Crippen LogP contribution in [0.4, 0.5) is 10.6 Å². The van der Waals surface area contributed by atoms with Gasteiger partial charge in [-0.25, -0.2) is 9.78 Å². The van der Waals surface area contributed by atoms with Crippen molar-refractivity contribution >= 4 is 17.8 Å². The molecule has 0 aliphatic heterocycles. The highest BCUT2D eigenvalue weighted by Gasteiger charge is 2.25. The second kappa shape index (κ2) is 7.44. The molecule has 7 nitrogen and oxygen atoms in total. The molecule has 1 heterocycles. The van der Waals surface area contributed by atoms with Gasteiger partial charge >= 0.3 is 6.09 Å². The molecule has 0 saturated heterocycles. The number of ether oxygens (including phenoxy) is 1. The van der Waals surface area contributed by atoms with E-state index < -0.39 is 12.0 Å². The fraction of sp³-hybridized carbons (Fsp3) is 0.312. The van der Waals surface area contributed by atoms with Gasteiger partial charge in [-0.3, -0.25) is 9.69 Å². The van der Waals surface area contributed by atoms with Crippen LogP contribution in [0.15, 0.2) is 36.7 Å². The number of rotatable bonds is 6. The third-order valence-electron chi connectivity index (χ3n) is 3.31. The van der Waals surface area contributed by atoms with Crippen LogP contribution in [0.1, 0.15) is 29.9 Å². The summed E-state index contributed by atoms with van der Waals surface area (Å²) in [7, 11) is 0. The number of amides is 2. The predicted molar refractivity (Wildman–Crippen MR) is 86.3 cm³/mol. The van der Waals surface area contributed by atoms with Gasteiger partial charge in [0.2, 0.25) is 0 Å². The Bertz CT molecular complexity index is 682. The molecule has 2 aromatic rings. The number of imidazole rings is 1. The first-order valence-corrected chi connectivity index (χ1v) is 7.41. The van der Waals surface area contributed by atoms with E-state index in [-0.39, 0.29) is 18.1 Å². The Morgan fingerprint density at radius 2 is 1.96 bits per heavy atom. The van der Waals surface area contributed by atoms with E-state index in [0.29, 0.717) is 13.1 Å². The van der Waals surface area contributed by atoms with E-state index in [1.54, 1.807) is 18.4 Å². The Morgan fingerprint density at radius 1 is 1.26 bits per heavy atom. The average Bonchev–Trinajstić information content (AvgIpc) is 2.93. The van der Waals surface area contributed by atoms with Crippen LogP contribution < -0.4 is 10.6 Å². The van der Waals surface area contributed by atoms with Crippen LogP contribution in [0.2, 0.25) is 0 Å². The van der Waals surface area contributed by atoms with Crippen LogP contribution in [0.25, 0.3) is 0 Å². The molecule has 2 N–H and O–H groups in total. The molecule has 0 fully saturated rings. The van der Waals surface area contributed by atoms with Gasteiger partial charge in [-0.05, 0) is 19.4 Å². The Labute approximate surface area is 134 Å². The largest absolute Gasteiger partial charge is 0.449 e. The standard InChI is InChI=1S/C16H20N4O3/c1-3-20(16(22)23-4-2)15-13(14(17)21)19(11-18-15)10-12-8-6-5-7-9-12/h5-9,11H,3-4,10H2,1-2H3,(H2,17,21). The van der Waals surface area contributed by atoms with Gasteiger partial charge in [-0.2, -0.15) is 0 Å². The van der Waals surface area contributed by atoms with Crippen molar-refractivity contribution in [1.82, 2.24) is 9.55 Å². The molecule has 1 aromatic carbocycles. The zero-order valence-electron chi connectivity index (χ0n) is 13.2. The van der Waals surface area contributed by atoms with Crippen LogP contribution in [0.3, 0.4) is 0 Å². The highest BCUT2D eigenvalue weighted by atomic mass is 16.6. The molecule has 0 saturated carbocycles. The van der Waals surface area contributed by atoms with Gasteiger partial charge in [0.25, 0.3) is 5.91 Å². The van der Waals surface area contributed by atoms with Gasteiger partial charge in [0, 0.05) is 13.1 Å². The van der Waals surface area contributed by atoms with Gasteiger partial charge < -0.3 is 15.0 Å². The number of aromatic nitrogens is 2. The van der Waals surface area contributed by atoms with Gasteiger partial charge in [0.1, 0.15) is 0 Å². The van der Waals surface area contributed by atoms with Gasteiger partial charge in [0.05, 0.1) is 12.9 Å². The number of anilines is 1. The second-order valence-electron chi connectivity index (χ2n) is 4.84. The molecule has 0 spiro atoms. The molecule has 1 aromatic heterocycles. The highest BCUT2D eigenvalue weighted by molar-refractivity contribution is 6.00. The Kier molecular flexibility index (Phi) is 5.35. The molecule has 2 amide bonds. The molecule has 7 heteroatoms. The topological polar surface area (TPSA) is 90.4 Å². The third kappa shape index (κ3) is 3.68. The molecule has 2 rings (SSSR count). The van der Waals surface area contributed by atoms with Crippen molar-refractivity contribution in [2.45, 2.75) is 20.4 Å². The van der Waals surface area contributed by atoms with Crippen LogP contribution in [-0.2, 0) is 11.3 Å². The lowest BCUT2D eigenvalue weighted by atomic mass is 10.2. The maximum Gasteiger partial charge on any atom is 0.415 e. The number of nitrogens with two attached hydrogens (primary N) is 1. The Balaban J connectivity index is 2.38. The number of nitrogens with zero attached hydrogens (tertiary/aromatic N) is 3. The summed E-state index contributed by atoms with van der Waals surface area (Å²) < 4.78 is 6.63. The minimum absolute atomic E-state index is 0.184. The fourth-order valence-electron chi connectivity index (χ4n) is 2.29. The van der Waals surface area contributed by atoms with Gasteiger partial charge in [-0.15, -0.1) is 0 Å². The minimum Gasteiger partial charge on any atom is -0.449 e. The summed E-state index contributed by atoms with van der Waals surface area (Å²) in [6, 6.07) is 9.61. The number of primary amides is 1. The first-order chi connectivity index (χ1) is 11.1. The van der Waals surface area contributed by atoms with Crippen molar-refractivity contribution in [3.8, 4) is 0 Å². The summed E-state index contributed by atoms with van der Waals surface area (Å²) in [6.07, 6.45) is 0.951. The zero-order valence-corrected chi connectivity index (χ0v) is 13.2. The van der Waals surface area contributed by atoms with Gasteiger partial charge in [-0.1, -0.05) is 30.3 Å². The quantitative estimate of drug-likeness (QED) is 0.882. The smallest absolute Gasteiger partial charge is 0.415 e. The van der Waals surface area contributed by atoms with E-state index in [4.69, 9.17) is 10.5 Å². The van der Waals surface area contributed by atoms with Crippen molar-refractivity contribution in [2.24, 2.45) is 5.73 Å². The van der Waals surface area contributed by atoms with E-state index in [0.717, 1.165) is 5.56 Å². The first-order valence-electron chi connectivity index (χ1n) is 7.41. The molecule has 122 valence electrons. The molecule has 0 bridgehead atoms. The number of carbonyl (C=O) groups is 2. The number of hydrogen-bond acceptors (Lipinski definition) is 4. The SMILES string of the molecule is CCOC(=O)N(CC)c1ncn(Cc2ccccc2)c1C(N)=O. The maximum absolute atomic E-state index is 12.0. The molecule has 23 heavy (non-hydrogen) atoms. The monoisotopic (exact) mass is 316 g/mol. The maximum atomic E-state index is 12.0. The Morgan fingerprint density at radius 3 is 2.52 bits per heavy atom. The van der Waals surface area contributed by atoms with Crippen molar-refractivity contribution in [1.29, 1.82) is 0 Å². The van der Waals surface area contributed by atoms with Crippen LogP contribution in [0.5, 0.6) is 0 Å². The van der Waals surface area contributed by atoms with Crippen molar-refractivity contribution in [2.75, 3.05) is 18.1 Å². The number of benzene rings is 1. The predicted octanol–water partition coefficient (Wildman–Crippen LogP) is 2.01. The van der Waals surface area contributed by atoms with Gasteiger partial charge in [0.15, 0.2) is 11.5 Å². The fourth-order valence-corrected chi connectivity index (χ4v) is 2.29. The lowest BCUT2D eigenvalue weighted by molar-refractivity contribution is 0.0992. The number of carbonyl (C=O) groups excluding carboxylic acids is 2. The van der Waals surface area contributed by atoms with E-state index in [1.165, 1.54) is 11.2 Å². The lowest BCUT2D eigenvalue weighted by Crippen LogP contribution is -2.34. The molecule has 0 aliphatic carbocycles. The third-order valence-corrected chi connectivity index (χ3v) is 3.31. The molecule has 0 radical (unpaired) electrons. The zero-order chi connectivity index (χ0) is 16.8. The van der Waals surface area contributed by atoms with E-state index in [1.807, 2.05) is 30.3 Å². The normalized spacial score (nSPS) is 10.3. The summed E-state index contributed by atoms with van der Waals surface area (Å²) in [5.41, 5.74) is 6.68. The van der Waals surface area contributed by atoms with Crippen LogP contribution >= 0.6 is 0 Å². The first kappa shape index (κ1) is 16.5. The van der Waals surface area contributed by atoms with Crippen molar-refractivity contribution in [3.05, 3.63) is 47.9 Å². The van der Waals surface area contributed by atoms with Crippen LogP contribution in [-0.4, -0.2) is 34.7 Å². The molecule has 0 unspecified atom stereocenters. The minimum atomic E-state index is -0.642. The summed E-state index contributed by atoms with van der Waals surface area (Å²) in [5.74, 6) is -0.425. The summed E-state index contributed by atoms with van der Waals surface area (Å²) in [4.78, 5) is 29.4. The molecule has 0 atom stereocenters. The summed E-state index contributed by atoms with van der Waals surface area (Å²) >= 11 is 0. The molecule has 0 aliphatic rings. The van der Waals surface area contributed by atoms with Crippen molar-refractivity contribution in [3.63, 3.8) is 0 Å². The van der Waals surface area contributed by atoms with E-state index in [2.05, 4.69) is 4.98 Å². The summed E-state index contributed by atoms with van der Waals surface area (Å²) in [5, 5.41) is 0. The van der Waals surface area contributed by atoms with Crippen LogP contribution in [0, 0.1) is 0 Å². The molecular weight excluding hydrogens is 296 g/mol. The van der Waals surface area contributed by atoms with E-state index >= 15 is 0 Å². The summed E-state index contributed by atoms with van der Waals surface area (Å²) in [6.45, 7) is 4.49. The Hall–Kier alpha value is -2.83.